The molecule has 14 nitrogen and oxygen atoms in total. The van der Waals surface area contributed by atoms with Gasteiger partial charge in [0.2, 0.25) is 5.91 Å². The summed E-state index contributed by atoms with van der Waals surface area (Å²) in [5.41, 5.74) is 4.75. The highest BCUT2D eigenvalue weighted by atomic mass is 16.5. The fourth-order valence-corrected chi connectivity index (χ4v) is 6.31. The number of amides is 4. The van der Waals surface area contributed by atoms with Crippen LogP contribution in [0.4, 0.5) is 17.1 Å². The molecule has 0 aliphatic carbocycles. The number of ether oxygens (including phenoxy) is 2. The first kappa shape index (κ1) is 37.6. The molecule has 0 radical (unpaired) electrons. The molecule has 1 atom stereocenters. The van der Waals surface area contributed by atoms with Crippen LogP contribution < -0.4 is 30.7 Å². The van der Waals surface area contributed by atoms with Crippen LogP contribution >= 0.6 is 0 Å². The Morgan fingerprint density at radius 2 is 1.65 bits per heavy atom. The molecule has 4 amide bonds. The third-order valence-corrected chi connectivity index (χ3v) is 9.14. The fraction of sp³-hybridized carbons (Fsp3) is 0.325. The van der Waals surface area contributed by atoms with Crippen molar-refractivity contribution in [2.45, 2.75) is 45.2 Å². The summed E-state index contributed by atoms with van der Waals surface area (Å²) >= 11 is 0. The minimum absolute atomic E-state index is 0.105. The molecule has 0 saturated heterocycles. The first-order chi connectivity index (χ1) is 26.0. The molecule has 2 aromatic heterocycles. The van der Waals surface area contributed by atoms with E-state index < -0.39 is 0 Å². The topological polar surface area (TPSA) is 160 Å². The third kappa shape index (κ3) is 8.72. The zero-order valence-corrected chi connectivity index (χ0v) is 31.1. The number of rotatable bonds is 15. The number of aromatic nitrogens is 2. The van der Waals surface area contributed by atoms with E-state index in [0.717, 1.165) is 17.5 Å². The second-order valence-corrected chi connectivity index (χ2v) is 13.5. The maximum atomic E-state index is 13.2. The lowest BCUT2D eigenvalue weighted by Gasteiger charge is -2.19. The Labute approximate surface area is 314 Å². The van der Waals surface area contributed by atoms with Gasteiger partial charge in [-0.05, 0) is 48.7 Å². The molecule has 282 valence electrons. The fourth-order valence-electron chi connectivity index (χ4n) is 6.31. The molecule has 2 aliphatic rings. The van der Waals surface area contributed by atoms with Crippen LogP contribution in [0.25, 0.3) is 11.1 Å². The van der Waals surface area contributed by atoms with E-state index in [2.05, 4.69) is 40.1 Å². The number of fused-ring (bicyclic) bond motifs is 2. The molecule has 54 heavy (non-hydrogen) atoms. The number of nitrogens with zero attached hydrogens (tertiary/aromatic N) is 4. The number of aliphatic imine (C=N–C) groups is 1. The molecule has 0 bridgehead atoms. The van der Waals surface area contributed by atoms with E-state index in [-0.39, 0.29) is 42.7 Å². The van der Waals surface area contributed by atoms with Crippen molar-refractivity contribution in [2.75, 3.05) is 37.4 Å². The Hall–Kier alpha value is -6.15. The van der Waals surface area contributed by atoms with Gasteiger partial charge in [0.1, 0.15) is 11.4 Å². The van der Waals surface area contributed by atoms with Crippen LogP contribution in [0.15, 0.2) is 78.2 Å². The van der Waals surface area contributed by atoms with Gasteiger partial charge in [0.05, 0.1) is 36.7 Å². The summed E-state index contributed by atoms with van der Waals surface area (Å²) in [6.45, 7) is 5.57. The van der Waals surface area contributed by atoms with E-state index in [0.29, 0.717) is 71.1 Å². The number of anilines is 2. The first-order valence-corrected chi connectivity index (χ1v) is 17.9. The van der Waals surface area contributed by atoms with Crippen molar-refractivity contribution < 1.29 is 28.7 Å². The van der Waals surface area contributed by atoms with E-state index in [9.17, 15) is 19.2 Å². The van der Waals surface area contributed by atoms with Crippen LogP contribution in [0, 0.1) is 0 Å². The van der Waals surface area contributed by atoms with Crippen molar-refractivity contribution in [1.82, 2.24) is 24.7 Å². The van der Waals surface area contributed by atoms with Gasteiger partial charge in [-0.25, -0.2) is 0 Å². The number of hydrogen-bond acceptors (Lipinski definition) is 8. The molecule has 0 fully saturated rings. The monoisotopic (exact) mass is 734 g/mol. The van der Waals surface area contributed by atoms with E-state index in [1.165, 1.54) is 7.11 Å². The minimum Gasteiger partial charge on any atom is -0.493 e. The highest BCUT2D eigenvalue weighted by molar-refractivity contribution is 6.05. The standard InChI is InChI=1S/C40H46N8O6/c1-25(2)41-14-15-42-38(50)33-18-27(23-46(33)3)26-10-12-28(13-11-26)45-39(51)34-19-29(24-47(34)4)44-37(49)9-7-17-54-36-21-32-31(20-35(36)53-5)40(52)48-16-6-8-30(48)22-43-32/h6,10-13,16,18-25,30,41H,7-9,14-15,17H2,1-5H3,(H,42,50)(H,44,49)(H,45,51)/t30-/m1/s1. The maximum absolute atomic E-state index is 13.2. The molecule has 0 saturated carbocycles. The van der Waals surface area contributed by atoms with Crippen LogP contribution in [0.3, 0.4) is 0 Å². The van der Waals surface area contributed by atoms with Gasteiger partial charge < -0.3 is 44.8 Å². The largest absolute Gasteiger partial charge is 0.493 e. The van der Waals surface area contributed by atoms with Gasteiger partial charge in [-0.2, -0.15) is 0 Å². The number of carbonyl (C=O) groups is 4. The Bertz CT molecular complexity index is 2090. The molecule has 0 unspecified atom stereocenters. The van der Waals surface area contributed by atoms with Crippen LogP contribution in [0.1, 0.15) is 64.4 Å². The molecule has 4 heterocycles. The average molecular weight is 735 g/mol. The van der Waals surface area contributed by atoms with Gasteiger partial charge in [-0.1, -0.05) is 32.1 Å². The zero-order chi connectivity index (χ0) is 38.4. The summed E-state index contributed by atoms with van der Waals surface area (Å²) in [7, 11) is 5.08. The molecular weight excluding hydrogens is 688 g/mol. The molecular formula is C40H46N8O6. The Balaban J connectivity index is 0.979. The lowest BCUT2D eigenvalue weighted by Crippen LogP contribution is -2.35. The summed E-state index contributed by atoms with van der Waals surface area (Å²) in [6.07, 6.45) is 10.4. The Morgan fingerprint density at radius 1 is 0.889 bits per heavy atom. The van der Waals surface area contributed by atoms with Gasteiger partial charge in [0, 0.05) is 81.8 Å². The van der Waals surface area contributed by atoms with Gasteiger partial charge in [-0.15, -0.1) is 0 Å². The van der Waals surface area contributed by atoms with Gasteiger partial charge >= 0.3 is 0 Å². The Kier molecular flexibility index (Phi) is 11.6. The third-order valence-electron chi connectivity index (χ3n) is 9.14. The average Bonchev–Trinajstić information content (AvgIpc) is 3.87. The molecule has 4 N–H and O–H groups in total. The minimum atomic E-state index is -0.331. The molecule has 6 rings (SSSR count). The second-order valence-electron chi connectivity index (χ2n) is 13.5. The van der Waals surface area contributed by atoms with E-state index in [4.69, 9.17) is 9.47 Å². The summed E-state index contributed by atoms with van der Waals surface area (Å²) in [4.78, 5) is 57.9. The first-order valence-electron chi connectivity index (χ1n) is 17.9. The van der Waals surface area contributed by atoms with Gasteiger partial charge in [0.15, 0.2) is 11.5 Å². The molecule has 0 spiro atoms. The highest BCUT2D eigenvalue weighted by Crippen LogP contribution is 2.38. The van der Waals surface area contributed by atoms with E-state index in [1.54, 1.807) is 70.0 Å². The van der Waals surface area contributed by atoms with Crippen molar-refractivity contribution in [2.24, 2.45) is 19.1 Å². The number of carbonyl (C=O) groups excluding carboxylic acids is 4. The van der Waals surface area contributed by atoms with Crippen LogP contribution in [0.5, 0.6) is 11.5 Å². The summed E-state index contributed by atoms with van der Waals surface area (Å²) in [6, 6.07) is 14.4. The summed E-state index contributed by atoms with van der Waals surface area (Å²) in [5, 5.41) is 12.0. The Morgan fingerprint density at radius 3 is 2.41 bits per heavy atom. The molecule has 2 aliphatic heterocycles. The lowest BCUT2D eigenvalue weighted by atomic mass is 10.1. The predicted octanol–water partition coefficient (Wildman–Crippen LogP) is 5.26. The molecule has 4 aromatic rings. The predicted molar refractivity (Wildman–Crippen MR) is 208 cm³/mol. The zero-order valence-electron chi connectivity index (χ0n) is 31.1. The van der Waals surface area contributed by atoms with Crippen molar-refractivity contribution in [3.63, 3.8) is 0 Å². The number of methoxy groups -OCH3 is 1. The van der Waals surface area contributed by atoms with Crippen molar-refractivity contribution >= 4 is 46.9 Å². The number of aryl methyl sites for hydroxylation is 2. The maximum Gasteiger partial charge on any atom is 0.272 e. The highest BCUT2D eigenvalue weighted by Gasteiger charge is 2.30. The van der Waals surface area contributed by atoms with Gasteiger partial charge in [0.25, 0.3) is 17.7 Å². The normalized spacial score (nSPS) is 14.4. The smallest absolute Gasteiger partial charge is 0.272 e. The summed E-state index contributed by atoms with van der Waals surface area (Å²) in [5.74, 6) is -0.00130. The van der Waals surface area contributed by atoms with Crippen LogP contribution in [0.2, 0.25) is 0 Å². The van der Waals surface area contributed by atoms with Crippen molar-refractivity contribution in [1.29, 1.82) is 0 Å². The van der Waals surface area contributed by atoms with E-state index in [1.807, 2.05) is 37.5 Å². The second kappa shape index (κ2) is 16.7. The quantitative estimate of drug-likeness (QED) is 0.121. The van der Waals surface area contributed by atoms with Crippen molar-refractivity contribution in [3.8, 4) is 22.6 Å². The van der Waals surface area contributed by atoms with Crippen LogP contribution in [-0.4, -0.2) is 82.8 Å². The lowest BCUT2D eigenvalue weighted by molar-refractivity contribution is -0.116. The number of hydrogen-bond donors (Lipinski definition) is 4. The SMILES string of the molecule is COc1cc2c(cc1OCCCC(=O)Nc1cc(C(=O)Nc3ccc(-c4cc(C(=O)NCCNC(C)C)n(C)c4)cc3)n(C)c1)N=C[C@H]1CC=CN1C2=O. The molecule has 14 heteroatoms. The summed E-state index contributed by atoms with van der Waals surface area (Å²) < 4.78 is 14.9. The molecule has 2 aromatic carbocycles. The number of benzene rings is 2. The van der Waals surface area contributed by atoms with Gasteiger partial charge in [-0.3, -0.25) is 24.2 Å². The van der Waals surface area contributed by atoms with Crippen LogP contribution in [-0.2, 0) is 18.9 Å². The number of nitrogens with one attached hydrogen (secondary N) is 4. The van der Waals surface area contributed by atoms with Crippen molar-refractivity contribution in [3.05, 3.63) is 90.2 Å². The van der Waals surface area contributed by atoms with E-state index >= 15 is 0 Å².